The Labute approximate surface area is 299 Å². The van der Waals surface area contributed by atoms with E-state index in [1.54, 1.807) is 0 Å². The molecule has 0 amide bonds. The summed E-state index contributed by atoms with van der Waals surface area (Å²) < 4.78 is 81.2. The third-order valence-corrected chi connectivity index (χ3v) is 10.0. The van der Waals surface area contributed by atoms with Gasteiger partial charge in [0.2, 0.25) is 10.0 Å². The number of morpholine rings is 1. The first-order chi connectivity index (χ1) is 23.4. The minimum atomic E-state index is -3.80. The monoisotopic (exact) mass is 761 g/mol. The number of nitrogens with one attached hydrogen (secondary N) is 1. The van der Waals surface area contributed by atoms with Crippen LogP contribution in [0.25, 0.3) is 0 Å². The quantitative estimate of drug-likeness (QED) is 0.177. The van der Waals surface area contributed by atoms with Gasteiger partial charge in [-0.15, -0.1) is 0 Å². The molecule has 12 nitrogen and oxygen atoms in total. The van der Waals surface area contributed by atoms with Crippen LogP contribution in [0.1, 0.15) is 40.4 Å². The van der Waals surface area contributed by atoms with Crippen molar-refractivity contribution in [3.8, 4) is 17.2 Å². The molecule has 0 radical (unpaired) electrons. The van der Waals surface area contributed by atoms with Crippen molar-refractivity contribution in [1.29, 1.82) is 0 Å². The Hall–Kier alpha value is -3.47. The lowest BCUT2D eigenvalue weighted by molar-refractivity contribution is -0.377. The fraction of sp³-hybridized carbons (Fsp3) is 0.455. The third-order valence-electron chi connectivity index (χ3n) is 8.17. The first-order valence-corrected chi connectivity index (χ1v) is 18.3. The van der Waals surface area contributed by atoms with Crippen molar-refractivity contribution in [3.63, 3.8) is 0 Å². The van der Waals surface area contributed by atoms with Crippen molar-refractivity contribution >= 4 is 44.9 Å². The molecule has 2 heterocycles. The summed E-state index contributed by atoms with van der Waals surface area (Å²) in [5.41, 5.74) is 1.08. The maximum absolute atomic E-state index is 13.9. The highest BCUT2D eigenvalue weighted by molar-refractivity contribution is 7.92. The number of methoxy groups -OCH3 is 1. The largest absolute Gasteiger partial charge is 0.870 e. The average molecular weight is 763 g/mol. The van der Waals surface area contributed by atoms with Crippen molar-refractivity contribution in [2.75, 3.05) is 63.7 Å². The van der Waals surface area contributed by atoms with Crippen LogP contribution < -0.4 is 23.5 Å². The zero-order chi connectivity index (χ0) is 35.1. The second-order valence-corrected chi connectivity index (χ2v) is 14.5. The van der Waals surface area contributed by atoms with Crippen molar-refractivity contribution in [2.45, 2.75) is 32.0 Å². The van der Waals surface area contributed by atoms with E-state index >= 15 is 0 Å². The van der Waals surface area contributed by atoms with Crippen LogP contribution in [0.5, 0.6) is 17.2 Å². The number of halogens is 4. The molecule has 2 N–H and O–H groups in total. The van der Waals surface area contributed by atoms with Gasteiger partial charge in [0, 0.05) is 38.2 Å². The van der Waals surface area contributed by atoms with Gasteiger partial charge in [0.1, 0.15) is 21.9 Å². The Kier molecular flexibility index (Phi) is 13.9. The van der Waals surface area contributed by atoms with E-state index in [4.69, 9.17) is 46.9 Å². The van der Waals surface area contributed by atoms with Gasteiger partial charge < -0.3 is 29.2 Å². The van der Waals surface area contributed by atoms with Gasteiger partial charge in [0.15, 0.2) is 23.9 Å². The zero-order valence-electron chi connectivity index (χ0n) is 27.4. The van der Waals surface area contributed by atoms with Gasteiger partial charge in [-0.2, -0.15) is 8.78 Å². The van der Waals surface area contributed by atoms with Crippen molar-refractivity contribution in [2.24, 2.45) is 5.92 Å². The topological polar surface area (TPSA) is 148 Å². The molecule has 0 spiro atoms. The molecule has 2 aromatic carbocycles. The Morgan fingerprint density at radius 2 is 1.74 bits per heavy atom. The third kappa shape index (κ3) is 10.5. The number of sulfonamides is 1. The molecular weight excluding hydrogens is 723 g/mol. The van der Waals surface area contributed by atoms with Crippen LogP contribution in [0.15, 0.2) is 48.8 Å². The maximum atomic E-state index is 13.9. The van der Waals surface area contributed by atoms with Gasteiger partial charge >= 0.3 is 12.6 Å². The molecule has 17 heteroatoms. The van der Waals surface area contributed by atoms with Gasteiger partial charge in [-0.1, -0.05) is 29.3 Å². The van der Waals surface area contributed by atoms with Crippen LogP contribution in [-0.4, -0.2) is 90.7 Å². The van der Waals surface area contributed by atoms with Crippen LogP contribution in [0.2, 0.25) is 10.0 Å². The number of hydrogen-bond acceptors (Lipinski definition) is 10. The Bertz CT molecular complexity index is 1710. The second kappa shape index (κ2) is 17.6. The summed E-state index contributed by atoms with van der Waals surface area (Å²) in [4.78, 5) is 18.8. The van der Waals surface area contributed by atoms with Gasteiger partial charge in [-0.25, -0.2) is 18.2 Å². The molecule has 1 saturated heterocycles. The summed E-state index contributed by atoms with van der Waals surface area (Å²) >= 11 is 12.9. The number of ether oxygens (including phenoxy) is 5. The molecule has 274 valence electrons. The predicted octanol–water partition coefficient (Wildman–Crippen LogP) is 5.27. The highest BCUT2D eigenvalue weighted by Crippen LogP contribution is 2.38. The van der Waals surface area contributed by atoms with Crippen LogP contribution >= 0.6 is 23.2 Å². The molecule has 1 aliphatic carbocycles. The molecule has 1 aromatic heterocycles. The molecule has 50 heavy (non-hydrogen) atoms. The second-order valence-electron chi connectivity index (χ2n) is 11.7. The SMILES string of the molecule is COc1ccc(C(=O)O[C@@H](Cc2c(Cl)c[nH+]cc2Cl)c2ccc(OC(F)F)c(OCC3CC3)c2)cc1N(CCN1CCOCC1)S(C)(=O)=O.[OH-]. The van der Waals surface area contributed by atoms with Crippen LogP contribution in [-0.2, 0) is 25.9 Å². The van der Waals surface area contributed by atoms with Crippen molar-refractivity contribution < 1.29 is 56.1 Å². The van der Waals surface area contributed by atoms with Crippen molar-refractivity contribution in [1.82, 2.24) is 4.90 Å². The molecule has 5 rings (SSSR count). The molecule has 2 fully saturated rings. The number of pyridine rings is 1. The molecule has 3 aromatic rings. The molecule has 0 bridgehead atoms. The van der Waals surface area contributed by atoms with Crippen LogP contribution in [0, 0.1) is 5.92 Å². The van der Waals surface area contributed by atoms with E-state index in [1.165, 1.54) is 60.2 Å². The van der Waals surface area contributed by atoms with E-state index in [9.17, 15) is 22.0 Å². The molecule has 1 saturated carbocycles. The van der Waals surface area contributed by atoms with Gasteiger partial charge in [-0.3, -0.25) is 9.21 Å². The number of carbonyl (C=O) groups is 1. The summed E-state index contributed by atoms with van der Waals surface area (Å²) in [6, 6.07) is 8.68. The van der Waals surface area contributed by atoms with E-state index in [0.717, 1.165) is 19.1 Å². The van der Waals surface area contributed by atoms with Gasteiger partial charge in [-0.05, 0) is 54.7 Å². The molecule has 1 aliphatic heterocycles. The summed E-state index contributed by atoms with van der Waals surface area (Å²) in [5.74, 6) is -0.322. The molecule has 0 unspecified atom stereocenters. The summed E-state index contributed by atoms with van der Waals surface area (Å²) in [6.07, 6.45) is 5.05. The minimum Gasteiger partial charge on any atom is -0.870 e. The molecular formula is C33H39Cl2F2N3O9S. The number of rotatable bonds is 16. The van der Waals surface area contributed by atoms with Crippen molar-refractivity contribution in [3.05, 3.63) is 75.5 Å². The smallest absolute Gasteiger partial charge is 0.387 e. The lowest BCUT2D eigenvalue weighted by Crippen LogP contribution is -2.43. The lowest BCUT2D eigenvalue weighted by Gasteiger charge is -2.30. The first-order valence-electron chi connectivity index (χ1n) is 15.6. The van der Waals surface area contributed by atoms with Crippen LogP contribution in [0.4, 0.5) is 14.5 Å². The Balaban J connectivity index is 0.00000562. The normalized spacial score (nSPS) is 15.6. The maximum Gasteiger partial charge on any atom is 0.387 e. The number of alkyl halides is 2. The minimum absolute atomic E-state index is 0. The van der Waals surface area contributed by atoms with Crippen LogP contribution in [0.3, 0.4) is 0 Å². The van der Waals surface area contributed by atoms with E-state index in [2.05, 4.69) is 9.88 Å². The first kappa shape index (κ1) is 39.3. The number of aromatic amines is 1. The standard InChI is InChI=1S/C33H37Cl2F2N3O8S.H2O/c1-44-28-7-6-23(15-27(28)40(49(2,42)43)10-9-39-11-13-45-14-12-39)32(41)47-30(17-24-25(34)18-38-19-26(24)35)22-5-8-29(48-33(36)37)31(16-22)46-20-21-3-4-21;/h5-8,15-16,18-19,21,30,33H,3-4,9-14,17,20H2,1-2H3;1H2/t30-;/m0./s1. The number of nitrogens with zero attached hydrogens (tertiary/aromatic N) is 2. The molecule has 1 atom stereocenters. The number of esters is 1. The fourth-order valence-electron chi connectivity index (χ4n) is 5.34. The summed E-state index contributed by atoms with van der Waals surface area (Å²) in [7, 11) is -2.40. The lowest BCUT2D eigenvalue weighted by atomic mass is 10.0. The summed E-state index contributed by atoms with van der Waals surface area (Å²) in [5, 5.41) is 0.569. The van der Waals surface area contributed by atoms with E-state index in [1.807, 2.05) is 0 Å². The Morgan fingerprint density at radius 1 is 1.06 bits per heavy atom. The zero-order valence-corrected chi connectivity index (χ0v) is 29.8. The number of H-pyrrole nitrogens is 1. The average Bonchev–Trinajstić information content (AvgIpc) is 3.90. The predicted molar refractivity (Wildman–Crippen MR) is 181 cm³/mol. The van der Waals surface area contributed by atoms with E-state index < -0.39 is 28.7 Å². The van der Waals surface area contributed by atoms with Gasteiger partial charge in [0.25, 0.3) is 0 Å². The van der Waals surface area contributed by atoms with E-state index in [-0.39, 0.29) is 57.0 Å². The number of aromatic nitrogens is 1. The molecule has 2 aliphatic rings. The van der Waals surface area contributed by atoms with E-state index in [0.29, 0.717) is 56.5 Å². The highest BCUT2D eigenvalue weighted by atomic mass is 35.5. The number of anilines is 1. The Morgan fingerprint density at radius 3 is 2.36 bits per heavy atom. The number of hydrogen-bond donors (Lipinski definition) is 0. The highest BCUT2D eigenvalue weighted by Gasteiger charge is 2.28. The number of benzene rings is 2. The van der Waals surface area contributed by atoms with Gasteiger partial charge in [0.05, 0.1) is 44.4 Å². The summed E-state index contributed by atoms with van der Waals surface area (Å²) in [6.45, 7) is 0.216. The number of carbonyl (C=O) groups excluding carboxylic acids is 1. The fourth-order valence-corrected chi connectivity index (χ4v) is 6.78.